The Bertz CT molecular complexity index is 1280. The highest BCUT2D eigenvalue weighted by atomic mass is 19.4. The lowest BCUT2D eigenvalue weighted by atomic mass is 9.99. The fourth-order valence-electron chi connectivity index (χ4n) is 2.49. The lowest BCUT2D eigenvalue weighted by molar-refractivity contribution is -0.137. The molecule has 0 bridgehead atoms. The Labute approximate surface area is 165 Å². The Hall–Kier alpha value is -2.33. The second-order valence-corrected chi connectivity index (χ2v) is 5.53. The van der Waals surface area contributed by atoms with Gasteiger partial charge in [-0.2, -0.15) is 13.2 Å². The summed E-state index contributed by atoms with van der Waals surface area (Å²) in [5, 5.41) is 3.51. The largest absolute Gasteiger partial charge is 0.416 e. The Balaban J connectivity index is 2.01. The highest BCUT2D eigenvalue weighted by Crippen LogP contribution is 2.29. The van der Waals surface area contributed by atoms with Crippen LogP contribution in [-0.4, -0.2) is 6.54 Å². The van der Waals surface area contributed by atoms with Crippen LogP contribution in [0.3, 0.4) is 0 Å². The second kappa shape index (κ2) is 7.92. The number of alkyl halides is 3. The minimum absolute atomic E-state index is 0.0464. The van der Waals surface area contributed by atoms with E-state index in [4.69, 9.17) is 13.7 Å². The van der Waals surface area contributed by atoms with Gasteiger partial charge in [-0.05, 0) is 54.1 Å². The van der Waals surface area contributed by atoms with Gasteiger partial charge in [0, 0.05) is 12.9 Å². The Morgan fingerprint density at radius 3 is 2.81 bits per heavy atom. The molecule has 0 heterocycles. The molecule has 1 nitrogen and oxygen atoms in total. The van der Waals surface area contributed by atoms with E-state index >= 15 is 0 Å². The summed E-state index contributed by atoms with van der Waals surface area (Å²) in [6, 6.07) is 4.31. The summed E-state index contributed by atoms with van der Waals surface area (Å²) in [4.78, 5) is 0. The molecule has 1 N–H and O–H groups in total. The van der Waals surface area contributed by atoms with Gasteiger partial charge in [0.1, 0.15) is 0 Å². The Morgan fingerprint density at radius 2 is 2.00 bits per heavy atom. The number of rotatable bonds is 6. The standard InChI is InChI=1S/C22H22F3N/c1-16(20-13-5-10-18-9-2-3-12-21(18)20)26-14-6-8-17-7-4-11-19(15-17)22(23,24)25/h2-5,7,9-13,15-16,26H,6,8,14H2,1H3/t16-/m0/s1/i1D3,4D,6D2,7D,11D,15D,16D. The van der Waals surface area contributed by atoms with Gasteiger partial charge in [0.15, 0.2) is 0 Å². The van der Waals surface area contributed by atoms with Crippen molar-refractivity contribution in [3.05, 3.63) is 83.3 Å². The van der Waals surface area contributed by atoms with Gasteiger partial charge in [0.25, 0.3) is 0 Å². The third kappa shape index (κ3) is 4.44. The minimum Gasteiger partial charge on any atom is -0.310 e. The van der Waals surface area contributed by atoms with Crippen molar-refractivity contribution in [1.29, 1.82) is 0 Å². The molecule has 3 rings (SSSR count). The van der Waals surface area contributed by atoms with Crippen molar-refractivity contribution >= 4 is 10.8 Å². The van der Waals surface area contributed by atoms with E-state index < -0.39 is 73.7 Å². The quantitative estimate of drug-likeness (QED) is 0.552. The summed E-state index contributed by atoms with van der Waals surface area (Å²) in [7, 11) is 0. The van der Waals surface area contributed by atoms with E-state index in [1.54, 1.807) is 36.4 Å². The van der Waals surface area contributed by atoms with Crippen molar-refractivity contribution in [3.63, 3.8) is 0 Å². The van der Waals surface area contributed by atoms with Crippen LogP contribution in [0.25, 0.3) is 10.8 Å². The van der Waals surface area contributed by atoms with E-state index in [1.165, 1.54) is 6.07 Å². The van der Waals surface area contributed by atoms with Crippen molar-refractivity contribution in [3.8, 4) is 0 Å². The van der Waals surface area contributed by atoms with Crippen LogP contribution in [0.1, 0.15) is 49.6 Å². The molecule has 3 aromatic carbocycles. The zero-order valence-electron chi connectivity index (χ0n) is 23.6. The van der Waals surface area contributed by atoms with Crippen molar-refractivity contribution in [2.24, 2.45) is 0 Å². The zero-order chi connectivity index (χ0) is 27.3. The average Bonchev–Trinajstić information content (AvgIpc) is 2.77. The van der Waals surface area contributed by atoms with Gasteiger partial charge in [0.05, 0.1) is 12.4 Å². The predicted octanol–water partition coefficient (Wildman–Crippen LogP) is 6.14. The van der Waals surface area contributed by atoms with Gasteiger partial charge in [-0.15, -0.1) is 0 Å². The van der Waals surface area contributed by atoms with Gasteiger partial charge in [-0.1, -0.05) is 60.6 Å². The first-order valence-corrected chi connectivity index (χ1v) is 7.80. The molecule has 0 aliphatic rings. The highest BCUT2D eigenvalue weighted by molar-refractivity contribution is 5.86. The maximum atomic E-state index is 13.4. The number of hydrogen-bond acceptors (Lipinski definition) is 1. The lowest BCUT2D eigenvalue weighted by Crippen LogP contribution is -2.20. The Morgan fingerprint density at radius 1 is 1.19 bits per heavy atom. The van der Waals surface area contributed by atoms with Crippen LogP contribution in [0, 0.1) is 0 Å². The summed E-state index contributed by atoms with van der Waals surface area (Å²) in [6.45, 7) is -3.81. The van der Waals surface area contributed by atoms with Crippen LogP contribution >= 0.6 is 0 Å². The fourth-order valence-corrected chi connectivity index (χ4v) is 2.49. The molecule has 0 amide bonds. The molecule has 0 aliphatic heterocycles. The van der Waals surface area contributed by atoms with Crippen molar-refractivity contribution in [2.75, 3.05) is 6.54 Å². The van der Waals surface area contributed by atoms with Gasteiger partial charge in [0.2, 0.25) is 0 Å². The third-order valence-electron chi connectivity index (χ3n) is 3.71. The van der Waals surface area contributed by atoms with Crippen LogP contribution in [0.2, 0.25) is 0 Å². The third-order valence-corrected chi connectivity index (χ3v) is 3.71. The average molecular weight is 367 g/mol. The summed E-state index contributed by atoms with van der Waals surface area (Å²) in [6.07, 6.45) is -8.63. The number of fused-ring (bicyclic) bond motifs is 1. The molecule has 0 spiro atoms. The van der Waals surface area contributed by atoms with Gasteiger partial charge in [-0.3, -0.25) is 0 Å². The fraction of sp³-hybridized carbons (Fsp3) is 0.273. The first kappa shape index (κ1) is 9.56. The lowest BCUT2D eigenvalue weighted by Gasteiger charge is -2.17. The maximum absolute atomic E-state index is 13.4. The number of nitrogens with one attached hydrogen (secondary N) is 1. The molecule has 4 heteroatoms. The summed E-state index contributed by atoms with van der Waals surface area (Å²) in [5.41, 5.74) is -2.43. The molecule has 0 saturated heterocycles. The second-order valence-electron chi connectivity index (χ2n) is 5.53. The van der Waals surface area contributed by atoms with E-state index in [0.29, 0.717) is 10.8 Å². The summed E-state index contributed by atoms with van der Waals surface area (Å²) < 4.78 is 121. The predicted molar refractivity (Wildman–Crippen MR) is 100 cm³/mol. The molecule has 0 radical (unpaired) electrons. The van der Waals surface area contributed by atoms with E-state index in [9.17, 15) is 13.2 Å². The minimum atomic E-state index is -5.16. The molecule has 0 saturated carbocycles. The first-order valence-electron chi connectivity index (χ1n) is 12.8. The van der Waals surface area contributed by atoms with Crippen LogP contribution in [0.4, 0.5) is 13.2 Å². The molecule has 0 aromatic heterocycles. The van der Waals surface area contributed by atoms with Crippen molar-refractivity contribution in [2.45, 2.75) is 31.8 Å². The molecule has 26 heavy (non-hydrogen) atoms. The van der Waals surface area contributed by atoms with Crippen LogP contribution in [0.5, 0.6) is 0 Å². The zero-order valence-corrected chi connectivity index (χ0v) is 13.6. The number of benzene rings is 3. The van der Waals surface area contributed by atoms with Crippen LogP contribution in [-0.2, 0) is 12.6 Å². The van der Waals surface area contributed by atoms with Crippen molar-refractivity contribution in [1.82, 2.24) is 5.32 Å². The Kier molecular flexibility index (Phi) is 2.91. The highest BCUT2D eigenvalue weighted by Gasteiger charge is 2.30. The molecule has 3 aromatic rings. The topological polar surface area (TPSA) is 12.0 Å². The van der Waals surface area contributed by atoms with E-state index in [1.807, 2.05) is 0 Å². The monoisotopic (exact) mass is 367 g/mol. The normalized spacial score (nSPS) is 20.9. The number of hydrogen-bond donors (Lipinski definition) is 1. The number of halogens is 3. The molecule has 0 unspecified atom stereocenters. The van der Waals surface area contributed by atoms with E-state index in [2.05, 4.69) is 5.32 Å². The molecule has 1 atom stereocenters. The van der Waals surface area contributed by atoms with Crippen LogP contribution in [0.15, 0.2) is 66.6 Å². The van der Waals surface area contributed by atoms with Gasteiger partial charge < -0.3 is 5.32 Å². The van der Waals surface area contributed by atoms with Gasteiger partial charge in [-0.25, -0.2) is 0 Å². The maximum Gasteiger partial charge on any atom is 0.416 e. The molecule has 0 aliphatic carbocycles. The van der Waals surface area contributed by atoms with E-state index in [0.717, 1.165) is 0 Å². The first-order chi connectivity index (χ1) is 16.4. The molecule has 0 fully saturated rings. The molecular weight excluding hydrogens is 335 g/mol. The van der Waals surface area contributed by atoms with Gasteiger partial charge >= 0.3 is 6.18 Å². The summed E-state index contributed by atoms with van der Waals surface area (Å²) >= 11 is 0. The molecule has 136 valence electrons. The van der Waals surface area contributed by atoms with E-state index in [-0.39, 0.29) is 5.56 Å². The van der Waals surface area contributed by atoms with Crippen LogP contribution < -0.4 is 5.32 Å². The smallest absolute Gasteiger partial charge is 0.310 e. The molecular formula is C22H22F3N. The SMILES string of the molecule is [2H]c1c([2H])c(CC([2H])([2H])CN[C@]([2H])(c2cccc3ccccc23)C([2H])([2H])[2H])c([2H])c(C(F)(F)F)c1[2H]. The van der Waals surface area contributed by atoms with Crippen molar-refractivity contribution < 1.29 is 26.9 Å². The summed E-state index contributed by atoms with van der Waals surface area (Å²) in [5.74, 6) is 0.